The van der Waals surface area contributed by atoms with Crippen LogP contribution in [0.25, 0.3) is 0 Å². The van der Waals surface area contributed by atoms with Crippen LogP contribution in [0.15, 0.2) is 28.4 Å². The minimum atomic E-state index is 0.846. The highest BCUT2D eigenvalue weighted by Crippen LogP contribution is 2.17. The fraction of sp³-hybridized carbons (Fsp3) is 0.222. The maximum absolute atomic E-state index is 4.06. The van der Waals surface area contributed by atoms with Gasteiger partial charge in [-0.2, -0.15) is 0 Å². The first-order valence-corrected chi connectivity index (χ1v) is 5.82. The molecule has 0 unspecified atom stereocenters. The van der Waals surface area contributed by atoms with Crippen LogP contribution in [0.3, 0.4) is 0 Å². The molecule has 0 aromatic carbocycles. The summed E-state index contributed by atoms with van der Waals surface area (Å²) in [5.74, 6) is 0. The van der Waals surface area contributed by atoms with Crippen LogP contribution < -0.4 is 0 Å². The van der Waals surface area contributed by atoms with Crippen molar-refractivity contribution in [3.05, 3.63) is 39.0 Å². The minimum absolute atomic E-state index is 0.846. The molecule has 2 aromatic rings. The Bertz CT molecular complexity index is 401. The van der Waals surface area contributed by atoms with Crippen LogP contribution in [-0.4, -0.2) is 15.2 Å². The van der Waals surface area contributed by atoms with E-state index in [0.717, 1.165) is 21.8 Å². The first-order chi connectivity index (χ1) is 6.84. The van der Waals surface area contributed by atoms with Gasteiger partial charge in [0.25, 0.3) is 0 Å². The van der Waals surface area contributed by atoms with Gasteiger partial charge in [0.15, 0.2) is 3.92 Å². The van der Waals surface area contributed by atoms with Gasteiger partial charge in [0.1, 0.15) is 5.01 Å². The summed E-state index contributed by atoms with van der Waals surface area (Å²) in [5.41, 5.74) is 1.24. The number of rotatable bonds is 3. The fourth-order valence-corrected chi connectivity index (χ4v) is 2.33. The lowest BCUT2D eigenvalue weighted by atomic mass is 10.2. The normalized spacial score (nSPS) is 10.4. The van der Waals surface area contributed by atoms with Crippen molar-refractivity contribution in [2.75, 3.05) is 0 Å². The molecule has 2 rings (SSSR count). The predicted molar refractivity (Wildman–Crippen MR) is 59.3 cm³/mol. The largest absolute Gasteiger partial charge is 0.264 e. The lowest BCUT2D eigenvalue weighted by Gasteiger charge is -1.96. The molecule has 0 aliphatic rings. The molecule has 5 heteroatoms. The molecule has 72 valence electrons. The lowest BCUT2D eigenvalue weighted by molar-refractivity contribution is 0.896. The summed E-state index contributed by atoms with van der Waals surface area (Å²) in [7, 11) is 0. The van der Waals surface area contributed by atoms with Crippen LogP contribution in [0, 0.1) is 0 Å². The van der Waals surface area contributed by atoms with E-state index >= 15 is 0 Å². The monoisotopic (exact) mass is 269 g/mol. The maximum Gasteiger partial charge on any atom is 0.183 e. The van der Waals surface area contributed by atoms with E-state index in [4.69, 9.17) is 0 Å². The molecule has 0 radical (unpaired) electrons. The number of hydrogen-bond donors (Lipinski definition) is 0. The highest BCUT2D eigenvalue weighted by atomic mass is 79.9. The topological polar surface area (TPSA) is 38.7 Å². The van der Waals surface area contributed by atoms with Crippen molar-refractivity contribution in [1.29, 1.82) is 0 Å². The van der Waals surface area contributed by atoms with Gasteiger partial charge in [-0.15, -0.1) is 10.2 Å². The van der Waals surface area contributed by atoms with E-state index < -0.39 is 0 Å². The van der Waals surface area contributed by atoms with Gasteiger partial charge >= 0.3 is 0 Å². The van der Waals surface area contributed by atoms with E-state index in [9.17, 15) is 0 Å². The van der Waals surface area contributed by atoms with Crippen molar-refractivity contribution in [1.82, 2.24) is 15.2 Å². The summed E-state index contributed by atoms with van der Waals surface area (Å²) in [6, 6.07) is 4.02. The second-order valence-corrected chi connectivity index (χ2v) is 5.15. The smallest absolute Gasteiger partial charge is 0.183 e. The van der Waals surface area contributed by atoms with Crippen molar-refractivity contribution >= 4 is 27.3 Å². The second kappa shape index (κ2) is 4.61. The molecule has 3 nitrogen and oxygen atoms in total. The Kier molecular flexibility index (Phi) is 3.21. The van der Waals surface area contributed by atoms with Gasteiger partial charge in [0.2, 0.25) is 0 Å². The number of aryl methyl sites for hydroxylation is 2. The average Bonchev–Trinajstić information content (AvgIpc) is 2.63. The van der Waals surface area contributed by atoms with Gasteiger partial charge in [0, 0.05) is 18.8 Å². The number of aromatic nitrogens is 3. The molecule has 0 saturated heterocycles. The molecule has 0 aliphatic heterocycles. The van der Waals surface area contributed by atoms with Gasteiger partial charge in [0.05, 0.1) is 0 Å². The SMILES string of the molecule is Brc1nnc(CCc2cccnc2)s1. The van der Waals surface area contributed by atoms with E-state index in [1.54, 1.807) is 17.5 Å². The second-order valence-electron chi connectivity index (χ2n) is 2.81. The number of halogens is 1. The average molecular weight is 270 g/mol. The van der Waals surface area contributed by atoms with Crippen LogP contribution in [0.2, 0.25) is 0 Å². The summed E-state index contributed by atoms with van der Waals surface area (Å²) in [5, 5.41) is 8.99. The van der Waals surface area contributed by atoms with Crippen molar-refractivity contribution in [2.24, 2.45) is 0 Å². The van der Waals surface area contributed by atoms with Crippen molar-refractivity contribution in [2.45, 2.75) is 12.8 Å². The van der Waals surface area contributed by atoms with Crippen molar-refractivity contribution < 1.29 is 0 Å². The molecule has 0 spiro atoms. The fourth-order valence-electron chi connectivity index (χ4n) is 1.13. The zero-order valence-corrected chi connectivity index (χ0v) is 9.75. The quantitative estimate of drug-likeness (QED) is 0.860. The zero-order valence-electron chi connectivity index (χ0n) is 7.35. The lowest BCUT2D eigenvalue weighted by Crippen LogP contribution is -1.90. The molecule has 2 aromatic heterocycles. The van der Waals surface area contributed by atoms with Gasteiger partial charge in [-0.1, -0.05) is 17.4 Å². The zero-order chi connectivity index (χ0) is 9.80. The molecule has 0 saturated carbocycles. The Balaban J connectivity index is 1.95. The summed E-state index contributed by atoms with van der Waals surface area (Å²) in [6.45, 7) is 0. The Morgan fingerprint density at radius 1 is 1.29 bits per heavy atom. The van der Waals surface area contributed by atoms with E-state index in [0.29, 0.717) is 0 Å². The standard InChI is InChI=1S/C9H8BrN3S/c10-9-13-12-8(14-9)4-3-7-2-1-5-11-6-7/h1-2,5-6H,3-4H2. The highest BCUT2D eigenvalue weighted by Gasteiger charge is 2.01. The number of hydrogen-bond acceptors (Lipinski definition) is 4. The van der Waals surface area contributed by atoms with E-state index in [1.807, 2.05) is 12.3 Å². The Labute approximate surface area is 94.4 Å². The predicted octanol–water partition coefficient (Wildman–Crippen LogP) is 2.48. The van der Waals surface area contributed by atoms with Crippen LogP contribution >= 0.6 is 27.3 Å². The molecule has 0 bridgehead atoms. The van der Waals surface area contributed by atoms with Crippen LogP contribution in [0.4, 0.5) is 0 Å². The van der Waals surface area contributed by atoms with Crippen LogP contribution in [0.5, 0.6) is 0 Å². The van der Waals surface area contributed by atoms with Crippen molar-refractivity contribution in [3.63, 3.8) is 0 Å². The molecular formula is C9H8BrN3S. The van der Waals surface area contributed by atoms with E-state index in [-0.39, 0.29) is 0 Å². The molecule has 14 heavy (non-hydrogen) atoms. The van der Waals surface area contributed by atoms with Gasteiger partial charge < -0.3 is 0 Å². The third kappa shape index (κ3) is 2.59. The van der Waals surface area contributed by atoms with E-state index in [1.165, 1.54) is 5.56 Å². The van der Waals surface area contributed by atoms with E-state index in [2.05, 4.69) is 37.2 Å². The molecule has 0 N–H and O–H groups in total. The summed E-state index contributed by atoms with van der Waals surface area (Å²) < 4.78 is 0.846. The summed E-state index contributed by atoms with van der Waals surface area (Å²) in [6.07, 6.45) is 5.56. The van der Waals surface area contributed by atoms with Crippen LogP contribution in [-0.2, 0) is 12.8 Å². The summed E-state index contributed by atoms with van der Waals surface area (Å²) >= 11 is 4.87. The van der Waals surface area contributed by atoms with Gasteiger partial charge in [-0.3, -0.25) is 4.98 Å². The number of pyridine rings is 1. The third-order valence-electron chi connectivity index (χ3n) is 1.79. The molecular weight excluding hydrogens is 262 g/mol. The van der Waals surface area contributed by atoms with Gasteiger partial charge in [-0.05, 0) is 34.0 Å². The highest BCUT2D eigenvalue weighted by molar-refractivity contribution is 9.11. The Morgan fingerprint density at radius 3 is 2.86 bits per heavy atom. The molecule has 0 aliphatic carbocycles. The molecule has 0 atom stereocenters. The minimum Gasteiger partial charge on any atom is -0.264 e. The molecule has 2 heterocycles. The third-order valence-corrected chi connectivity index (χ3v) is 3.21. The first-order valence-electron chi connectivity index (χ1n) is 4.21. The van der Waals surface area contributed by atoms with Crippen molar-refractivity contribution in [3.8, 4) is 0 Å². The molecule has 0 amide bonds. The van der Waals surface area contributed by atoms with Crippen LogP contribution in [0.1, 0.15) is 10.6 Å². The molecule has 0 fully saturated rings. The first kappa shape index (κ1) is 9.73. The summed E-state index contributed by atoms with van der Waals surface area (Å²) in [4.78, 5) is 4.06. The number of nitrogens with zero attached hydrogens (tertiary/aromatic N) is 3. The maximum atomic E-state index is 4.06. The Hall–Kier alpha value is -0.810. The van der Waals surface area contributed by atoms with Gasteiger partial charge in [-0.25, -0.2) is 0 Å². The Morgan fingerprint density at radius 2 is 2.21 bits per heavy atom.